The number of fused-ring (bicyclic) bond motifs is 1. The molecule has 8 heteroatoms. The molecule has 1 saturated carbocycles. The lowest BCUT2D eigenvalue weighted by molar-refractivity contribution is -0.121. The summed E-state index contributed by atoms with van der Waals surface area (Å²) >= 11 is 0. The average molecular weight is 315 g/mol. The number of nitrogens with one attached hydrogen (secondary N) is 1. The summed E-state index contributed by atoms with van der Waals surface area (Å²) in [6, 6.07) is 0. The van der Waals surface area contributed by atoms with Crippen molar-refractivity contribution >= 4 is 17.4 Å². The number of carbonyl (C=O) groups is 1. The van der Waals surface area contributed by atoms with E-state index in [-0.39, 0.29) is 5.91 Å². The van der Waals surface area contributed by atoms with E-state index < -0.39 is 0 Å². The van der Waals surface area contributed by atoms with Crippen molar-refractivity contribution in [2.45, 2.75) is 18.8 Å². The third kappa shape index (κ3) is 2.74. The molecule has 1 aliphatic heterocycles. The molecule has 2 aliphatic rings. The van der Waals surface area contributed by atoms with Gasteiger partial charge in [-0.3, -0.25) is 14.1 Å². The first-order valence-electron chi connectivity index (χ1n) is 8.14. The highest BCUT2D eigenvalue weighted by molar-refractivity contribution is 5.77. The number of hydrogen-bond donors (Lipinski definition) is 1. The van der Waals surface area contributed by atoms with E-state index in [1.165, 1.54) is 12.8 Å². The van der Waals surface area contributed by atoms with Gasteiger partial charge < -0.3 is 10.2 Å². The van der Waals surface area contributed by atoms with Crippen LogP contribution >= 0.6 is 0 Å². The second-order valence-corrected chi connectivity index (χ2v) is 6.21. The Morgan fingerprint density at radius 3 is 2.74 bits per heavy atom. The van der Waals surface area contributed by atoms with E-state index in [1.54, 1.807) is 7.05 Å². The van der Waals surface area contributed by atoms with Crippen LogP contribution in [0.2, 0.25) is 0 Å². The number of carbonyl (C=O) groups excluding carboxylic acids is 1. The molecule has 0 radical (unpaired) electrons. The largest absolute Gasteiger partial charge is 0.358 e. The molecule has 0 spiro atoms. The highest BCUT2D eigenvalue weighted by Gasteiger charge is 2.30. The van der Waals surface area contributed by atoms with Gasteiger partial charge in [0, 0.05) is 51.5 Å². The van der Waals surface area contributed by atoms with Gasteiger partial charge in [0.1, 0.15) is 5.82 Å². The predicted octanol–water partition coefficient (Wildman–Crippen LogP) is -0.130. The maximum atomic E-state index is 11.5. The Balaban J connectivity index is 1.51. The highest BCUT2D eigenvalue weighted by Crippen LogP contribution is 2.39. The van der Waals surface area contributed by atoms with E-state index in [0.717, 1.165) is 43.5 Å². The van der Waals surface area contributed by atoms with Crippen LogP contribution in [-0.4, -0.2) is 70.2 Å². The number of nitrogens with zero attached hydrogens (tertiary/aromatic N) is 6. The number of piperazine rings is 1. The fraction of sp³-hybridized carbons (Fsp3) is 0.600. The molecule has 0 atom stereocenters. The first-order chi connectivity index (χ1) is 11.3. The molecule has 4 rings (SSSR count). The normalized spacial score (nSPS) is 19.3. The van der Waals surface area contributed by atoms with Crippen LogP contribution in [0, 0.1) is 0 Å². The third-order valence-electron chi connectivity index (χ3n) is 4.60. The zero-order valence-corrected chi connectivity index (χ0v) is 13.3. The lowest BCUT2D eigenvalue weighted by Crippen LogP contribution is -2.49. The van der Waals surface area contributed by atoms with Crippen LogP contribution in [0.4, 0.5) is 5.82 Å². The fourth-order valence-corrected chi connectivity index (χ4v) is 3.07. The monoisotopic (exact) mass is 315 g/mol. The molecule has 3 heterocycles. The maximum absolute atomic E-state index is 11.5. The van der Waals surface area contributed by atoms with Crippen LogP contribution in [0.3, 0.4) is 0 Å². The van der Waals surface area contributed by atoms with Gasteiger partial charge in [0.2, 0.25) is 11.6 Å². The topological polar surface area (TPSA) is 78.7 Å². The Morgan fingerprint density at radius 1 is 1.26 bits per heavy atom. The smallest absolute Gasteiger partial charge is 0.233 e. The van der Waals surface area contributed by atoms with Crippen molar-refractivity contribution in [3.63, 3.8) is 0 Å². The van der Waals surface area contributed by atoms with Crippen LogP contribution in [0.5, 0.6) is 0 Å². The molecule has 1 N–H and O–H groups in total. The van der Waals surface area contributed by atoms with Gasteiger partial charge in [0.25, 0.3) is 0 Å². The zero-order chi connectivity index (χ0) is 15.8. The van der Waals surface area contributed by atoms with Crippen LogP contribution in [0.15, 0.2) is 12.4 Å². The van der Waals surface area contributed by atoms with Gasteiger partial charge in [0.05, 0.1) is 6.54 Å². The van der Waals surface area contributed by atoms with Gasteiger partial charge >= 0.3 is 0 Å². The number of hydrogen-bond acceptors (Lipinski definition) is 6. The molecule has 2 aromatic rings. The predicted molar refractivity (Wildman–Crippen MR) is 85.5 cm³/mol. The molecule has 2 fully saturated rings. The number of rotatable bonds is 4. The van der Waals surface area contributed by atoms with Crippen molar-refractivity contribution in [2.24, 2.45) is 0 Å². The molecule has 122 valence electrons. The third-order valence-corrected chi connectivity index (χ3v) is 4.60. The fourth-order valence-electron chi connectivity index (χ4n) is 3.07. The Labute approximate surface area is 134 Å². The SMILES string of the molecule is CNC(=O)CN1CCN(c2nccn3c(C4CC4)nnc23)CC1. The quantitative estimate of drug-likeness (QED) is 0.847. The maximum Gasteiger partial charge on any atom is 0.233 e. The second kappa shape index (κ2) is 5.77. The minimum Gasteiger partial charge on any atom is -0.358 e. The summed E-state index contributed by atoms with van der Waals surface area (Å²) in [5.41, 5.74) is 0.842. The number of aromatic nitrogens is 4. The van der Waals surface area contributed by atoms with Gasteiger partial charge in [-0.05, 0) is 12.8 Å². The molecule has 0 aromatic carbocycles. The Hall–Kier alpha value is -2.22. The number of likely N-dealkylation sites (N-methyl/N-ethyl adjacent to an activating group) is 1. The first kappa shape index (κ1) is 14.4. The Kier molecular flexibility index (Phi) is 3.60. The summed E-state index contributed by atoms with van der Waals surface area (Å²) in [6.45, 7) is 3.84. The van der Waals surface area contributed by atoms with E-state index in [1.807, 2.05) is 12.4 Å². The molecule has 23 heavy (non-hydrogen) atoms. The van der Waals surface area contributed by atoms with Crippen molar-refractivity contribution in [3.8, 4) is 0 Å². The van der Waals surface area contributed by atoms with E-state index in [9.17, 15) is 4.79 Å². The molecule has 8 nitrogen and oxygen atoms in total. The molecular formula is C15H21N7O. The molecular weight excluding hydrogens is 294 g/mol. The minimum absolute atomic E-state index is 0.0604. The summed E-state index contributed by atoms with van der Waals surface area (Å²) in [5.74, 6) is 2.57. The van der Waals surface area contributed by atoms with E-state index >= 15 is 0 Å². The van der Waals surface area contributed by atoms with Crippen molar-refractivity contribution in [2.75, 3.05) is 44.7 Å². The van der Waals surface area contributed by atoms with Crippen molar-refractivity contribution in [1.82, 2.24) is 29.8 Å². The van der Waals surface area contributed by atoms with E-state index in [4.69, 9.17) is 0 Å². The standard InChI is InChI=1S/C15H21N7O/c1-16-12(23)10-20-6-8-21(9-7-20)14-15-19-18-13(11-2-3-11)22(15)5-4-17-14/h4-5,11H,2-3,6-10H2,1H3,(H,16,23). The summed E-state index contributed by atoms with van der Waals surface area (Å²) in [6.07, 6.45) is 6.19. The highest BCUT2D eigenvalue weighted by atomic mass is 16.1. The Morgan fingerprint density at radius 2 is 2.04 bits per heavy atom. The Bertz CT molecular complexity index is 716. The molecule has 2 aromatic heterocycles. The van der Waals surface area contributed by atoms with Crippen LogP contribution in [0.1, 0.15) is 24.6 Å². The van der Waals surface area contributed by atoms with Crippen molar-refractivity contribution in [3.05, 3.63) is 18.2 Å². The summed E-state index contributed by atoms with van der Waals surface area (Å²) < 4.78 is 2.08. The van der Waals surface area contributed by atoms with Gasteiger partial charge in [0.15, 0.2) is 5.82 Å². The van der Waals surface area contributed by atoms with E-state index in [0.29, 0.717) is 12.5 Å². The lowest BCUT2D eigenvalue weighted by atomic mass is 10.3. The van der Waals surface area contributed by atoms with Gasteiger partial charge in [-0.2, -0.15) is 0 Å². The lowest BCUT2D eigenvalue weighted by Gasteiger charge is -2.34. The number of anilines is 1. The summed E-state index contributed by atoms with van der Waals surface area (Å²) in [7, 11) is 1.67. The van der Waals surface area contributed by atoms with Gasteiger partial charge in [-0.25, -0.2) is 4.98 Å². The molecule has 1 amide bonds. The van der Waals surface area contributed by atoms with Gasteiger partial charge in [-0.1, -0.05) is 0 Å². The molecule has 1 saturated heterocycles. The van der Waals surface area contributed by atoms with Crippen LogP contribution in [0.25, 0.3) is 5.65 Å². The second-order valence-electron chi connectivity index (χ2n) is 6.21. The number of amides is 1. The van der Waals surface area contributed by atoms with Gasteiger partial charge in [-0.15, -0.1) is 10.2 Å². The molecule has 1 aliphatic carbocycles. The van der Waals surface area contributed by atoms with Crippen LogP contribution < -0.4 is 10.2 Å². The molecule has 0 unspecified atom stereocenters. The summed E-state index contributed by atoms with van der Waals surface area (Å²) in [5, 5.41) is 11.4. The summed E-state index contributed by atoms with van der Waals surface area (Å²) in [4.78, 5) is 20.4. The molecule has 0 bridgehead atoms. The minimum atomic E-state index is 0.0604. The zero-order valence-electron chi connectivity index (χ0n) is 13.3. The average Bonchev–Trinajstić information content (AvgIpc) is 3.34. The van der Waals surface area contributed by atoms with E-state index in [2.05, 4.69) is 34.7 Å². The van der Waals surface area contributed by atoms with Crippen LogP contribution in [-0.2, 0) is 4.79 Å². The first-order valence-corrected chi connectivity index (χ1v) is 8.14. The van der Waals surface area contributed by atoms with Crippen molar-refractivity contribution in [1.29, 1.82) is 0 Å². The van der Waals surface area contributed by atoms with Crippen molar-refractivity contribution < 1.29 is 4.79 Å².